The van der Waals surface area contributed by atoms with Crippen molar-refractivity contribution >= 4 is 11.9 Å². The van der Waals surface area contributed by atoms with Gasteiger partial charge in [-0.1, -0.05) is 13.8 Å². The van der Waals surface area contributed by atoms with Crippen molar-refractivity contribution in [3.05, 3.63) is 0 Å². The van der Waals surface area contributed by atoms with Gasteiger partial charge >= 0.3 is 6.01 Å². The molecule has 0 bridgehead atoms. The van der Waals surface area contributed by atoms with Crippen molar-refractivity contribution in [3.8, 4) is 6.01 Å². The largest absolute Gasteiger partial charge is 0.463 e. The van der Waals surface area contributed by atoms with Crippen LogP contribution in [0.1, 0.15) is 27.2 Å². The molecule has 7 heteroatoms. The molecule has 1 atom stereocenters. The van der Waals surface area contributed by atoms with E-state index in [1.165, 1.54) is 0 Å². The lowest BCUT2D eigenvalue weighted by atomic mass is 10.2. The van der Waals surface area contributed by atoms with Gasteiger partial charge in [-0.15, -0.1) is 0 Å². The molecule has 0 radical (unpaired) electrons. The van der Waals surface area contributed by atoms with Gasteiger partial charge in [-0.2, -0.15) is 15.0 Å². The van der Waals surface area contributed by atoms with Gasteiger partial charge in [-0.05, 0) is 19.3 Å². The predicted molar refractivity (Wildman–Crippen MR) is 79.3 cm³/mol. The van der Waals surface area contributed by atoms with Crippen LogP contribution in [-0.4, -0.2) is 48.4 Å². The van der Waals surface area contributed by atoms with Crippen LogP contribution in [0.25, 0.3) is 0 Å². The number of hydrogen-bond donors (Lipinski definition) is 2. The third kappa shape index (κ3) is 6.01. The zero-order valence-corrected chi connectivity index (χ0v) is 12.8. The molecule has 0 saturated heterocycles. The molecule has 0 aromatic carbocycles. The number of anilines is 2. The van der Waals surface area contributed by atoms with Gasteiger partial charge in [-0.3, -0.25) is 0 Å². The van der Waals surface area contributed by atoms with Crippen LogP contribution in [-0.2, 0) is 4.74 Å². The van der Waals surface area contributed by atoms with Crippen LogP contribution in [0.4, 0.5) is 11.9 Å². The molecule has 2 N–H and O–H groups in total. The maximum Gasteiger partial charge on any atom is 0.323 e. The van der Waals surface area contributed by atoms with Crippen molar-refractivity contribution in [2.75, 3.05) is 44.0 Å². The first-order valence-electron chi connectivity index (χ1n) is 7.05. The smallest absolute Gasteiger partial charge is 0.323 e. The van der Waals surface area contributed by atoms with Crippen LogP contribution in [0.15, 0.2) is 0 Å². The Balaban J connectivity index is 2.69. The number of nitrogens with one attached hydrogen (secondary N) is 2. The first-order valence-corrected chi connectivity index (χ1v) is 7.05. The van der Waals surface area contributed by atoms with Crippen molar-refractivity contribution in [1.29, 1.82) is 0 Å². The second-order valence-corrected chi connectivity index (χ2v) is 4.59. The highest BCUT2D eigenvalue weighted by atomic mass is 16.5. The third-order valence-electron chi connectivity index (χ3n) is 2.44. The van der Waals surface area contributed by atoms with Crippen molar-refractivity contribution in [3.63, 3.8) is 0 Å². The molecule has 1 aromatic heterocycles. The number of methoxy groups -OCH3 is 1. The monoisotopic (exact) mass is 283 g/mol. The van der Waals surface area contributed by atoms with Gasteiger partial charge in [0.1, 0.15) is 0 Å². The van der Waals surface area contributed by atoms with Gasteiger partial charge in [-0.25, -0.2) is 0 Å². The Morgan fingerprint density at radius 2 is 1.80 bits per heavy atom. The first-order chi connectivity index (χ1) is 9.69. The summed E-state index contributed by atoms with van der Waals surface area (Å²) in [6.45, 7) is 8.89. The van der Waals surface area contributed by atoms with Gasteiger partial charge in [0, 0.05) is 20.2 Å². The summed E-state index contributed by atoms with van der Waals surface area (Å²) in [6.07, 6.45) is 0.913. The van der Waals surface area contributed by atoms with E-state index in [-0.39, 0.29) is 0 Å². The van der Waals surface area contributed by atoms with Crippen LogP contribution in [0.3, 0.4) is 0 Å². The van der Waals surface area contributed by atoms with Gasteiger partial charge in [0.05, 0.1) is 13.2 Å². The van der Waals surface area contributed by atoms with E-state index in [0.29, 0.717) is 37.0 Å². The Morgan fingerprint density at radius 1 is 1.10 bits per heavy atom. The molecule has 0 spiro atoms. The highest BCUT2D eigenvalue weighted by Crippen LogP contribution is 2.12. The van der Waals surface area contributed by atoms with Crippen molar-refractivity contribution in [1.82, 2.24) is 15.0 Å². The van der Waals surface area contributed by atoms with E-state index < -0.39 is 0 Å². The fourth-order valence-corrected chi connectivity index (χ4v) is 1.54. The molecule has 0 saturated carbocycles. The summed E-state index contributed by atoms with van der Waals surface area (Å²) in [5.74, 6) is 1.42. The molecule has 1 rings (SSSR count). The lowest BCUT2D eigenvalue weighted by molar-refractivity contribution is 0.164. The van der Waals surface area contributed by atoms with Crippen molar-refractivity contribution in [2.24, 2.45) is 5.92 Å². The molecule has 0 aliphatic carbocycles. The molecule has 0 aliphatic heterocycles. The Morgan fingerprint density at radius 3 is 2.40 bits per heavy atom. The average Bonchev–Trinajstić information content (AvgIpc) is 2.43. The topological polar surface area (TPSA) is 81.2 Å². The zero-order valence-electron chi connectivity index (χ0n) is 12.8. The van der Waals surface area contributed by atoms with Crippen LogP contribution in [0, 0.1) is 5.92 Å². The highest BCUT2D eigenvalue weighted by Gasteiger charge is 2.08. The summed E-state index contributed by atoms with van der Waals surface area (Å²) in [6, 6.07) is 0.347. The number of rotatable bonds is 10. The van der Waals surface area contributed by atoms with Crippen LogP contribution < -0.4 is 15.4 Å². The minimum atomic E-state index is 0.347. The Kier molecular flexibility index (Phi) is 7.64. The summed E-state index contributed by atoms with van der Waals surface area (Å²) in [4.78, 5) is 12.8. The minimum absolute atomic E-state index is 0.347. The normalized spacial score (nSPS) is 12.0. The predicted octanol–water partition coefficient (Wildman–Crippen LogP) is 1.79. The van der Waals surface area contributed by atoms with Crippen molar-refractivity contribution in [2.45, 2.75) is 27.2 Å². The lowest BCUT2D eigenvalue weighted by Gasteiger charge is -2.13. The lowest BCUT2D eigenvalue weighted by Crippen LogP contribution is -2.18. The van der Waals surface area contributed by atoms with Crippen LogP contribution in [0.2, 0.25) is 0 Å². The molecule has 7 nitrogen and oxygen atoms in total. The Labute approximate surface area is 120 Å². The second kappa shape index (κ2) is 9.30. The number of ether oxygens (including phenoxy) is 2. The van der Waals surface area contributed by atoms with E-state index >= 15 is 0 Å². The number of nitrogens with zero attached hydrogens (tertiary/aromatic N) is 3. The van der Waals surface area contributed by atoms with Crippen LogP contribution >= 0.6 is 0 Å². The van der Waals surface area contributed by atoms with E-state index in [9.17, 15) is 0 Å². The van der Waals surface area contributed by atoms with E-state index in [1.807, 2.05) is 13.8 Å². The average molecular weight is 283 g/mol. The molecule has 0 fully saturated rings. The standard InChI is InChI=1S/C13H25N5O2/c1-5-7-20-13-17-11(14-6-2)16-12(18-13)15-8-10(3)9-19-4/h10H,5-9H2,1-4H3,(H2,14,15,16,17,18). The number of aromatic nitrogens is 3. The van der Waals surface area contributed by atoms with Gasteiger partial charge in [0.15, 0.2) is 0 Å². The van der Waals surface area contributed by atoms with Gasteiger partial charge < -0.3 is 20.1 Å². The quantitative estimate of drug-likeness (QED) is 0.677. The maximum absolute atomic E-state index is 5.47. The highest BCUT2D eigenvalue weighted by molar-refractivity contribution is 5.35. The molecular weight excluding hydrogens is 258 g/mol. The number of hydrogen-bond acceptors (Lipinski definition) is 7. The molecule has 1 heterocycles. The van der Waals surface area contributed by atoms with E-state index in [0.717, 1.165) is 19.5 Å². The van der Waals surface area contributed by atoms with Gasteiger partial charge in [0.2, 0.25) is 11.9 Å². The van der Waals surface area contributed by atoms with Gasteiger partial charge in [0.25, 0.3) is 0 Å². The minimum Gasteiger partial charge on any atom is -0.463 e. The molecule has 1 unspecified atom stereocenters. The van der Waals surface area contributed by atoms with E-state index in [4.69, 9.17) is 9.47 Å². The summed E-state index contributed by atoms with van der Waals surface area (Å²) >= 11 is 0. The molecule has 0 amide bonds. The van der Waals surface area contributed by atoms with Crippen molar-refractivity contribution < 1.29 is 9.47 Å². The molecular formula is C13H25N5O2. The SMILES string of the molecule is CCCOc1nc(NCC)nc(NCC(C)COC)n1. The third-order valence-corrected chi connectivity index (χ3v) is 2.44. The van der Waals surface area contributed by atoms with E-state index in [2.05, 4.69) is 32.5 Å². The summed E-state index contributed by atoms with van der Waals surface area (Å²) in [5, 5.41) is 6.25. The van der Waals surface area contributed by atoms with E-state index in [1.54, 1.807) is 7.11 Å². The Hall–Kier alpha value is -1.63. The second-order valence-electron chi connectivity index (χ2n) is 4.59. The Bertz CT molecular complexity index is 389. The fourth-order valence-electron chi connectivity index (χ4n) is 1.54. The molecule has 1 aromatic rings. The summed E-state index contributed by atoms with van der Waals surface area (Å²) in [7, 11) is 1.69. The fraction of sp³-hybridized carbons (Fsp3) is 0.769. The maximum atomic E-state index is 5.47. The molecule has 114 valence electrons. The molecule has 0 aliphatic rings. The summed E-state index contributed by atoms with van der Waals surface area (Å²) < 4.78 is 10.6. The zero-order chi connectivity index (χ0) is 14.8. The molecule has 20 heavy (non-hydrogen) atoms. The first kappa shape index (κ1) is 16.4. The summed E-state index contributed by atoms with van der Waals surface area (Å²) in [5.41, 5.74) is 0. The van der Waals surface area contributed by atoms with Crippen LogP contribution in [0.5, 0.6) is 6.01 Å².